The summed E-state index contributed by atoms with van der Waals surface area (Å²) in [5.41, 5.74) is 1.17. The zero-order chi connectivity index (χ0) is 11.5. The summed E-state index contributed by atoms with van der Waals surface area (Å²) in [6, 6.07) is 0.0919. The third-order valence-electron chi connectivity index (χ3n) is 2.15. The van der Waals surface area contributed by atoms with Crippen molar-refractivity contribution in [2.75, 3.05) is 11.9 Å². The number of hydrogen-bond donors (Lipinski definition) is 2. The lowest BCUT2D eigenvalue weighted by Crippen LogP contribution is -2.28. The van der Waals surface area contributed by atoms with E-state index in [4.69, 9.17) is 0 Å². The van der Waals surface area contributed by atoms with E-state index in [1.54, 1.807) is 10.9 Å². The molecule has 1 heterocycles. The van der Waals surface area contributed by atoms with Gasteiger partial charge in [0.1, 0.15) is 0 Å². The zero-order valence-electron chi connectivity index (χ0n) is 9.99. The van der Waals surface area contributed by atoms with Gasteiger partial charge in [-0.1, -0.05) is 20.8 Å². The van der Waals surface area contributed by atoms with Crippen molar-refractivity contribution in [3.63, 3.8) is 0 Å². The van der Waals surface area contributed by atoms with Crippen LogP contribution in [0.5, 0.6) is 0 Å². The second-order valence-electron chi connectivity index (χ2n) is 5.19. The van der Waals surface area contributed by atoms with Crippen molar-refractivity contribution in [2.24, 2.45) is 12.5 Å². The molecule has 4 nitrogen and oxygen atoms in total. The summed E-state index contributed by atoms with van der Waals surface area (Å²) in [4.78, 5) is 0. The van der Waals surface area contributed by atoms with Crippen LogP contribution in [-0.4, -0.2) is 27.5 Å². The Bertz CT molecular complexity index is 301. The Morgan fingerprint density at radius 3 is 2.60 bits per heavy atom. The molecule has 0 aliphatic carbocycles. The molecule has 86 valence electrons. The summed E-state index contributed by atoms with van der Waals surface area (Å²) in [7, 11) is 1.88. The highest BCUT2D eigenvalue weighted by molar-refractivity contribution is 5.39. The summed E-state index contributed by atoms with van der Waals surface area (Å²) in [5, 5.41) is 16.6. The van der Waals surface area contributed by atoms with Crippen LogP contribution in [0.4, 0.5) is 5.69 Å². The molecule has 0 amide bonds. The van der Waals surface area contributed by atoms with Crippen LogP contribution in [0.3, 0.4) is 0 Å². The minimum Gasteiger partial charge on any atom is -0.394 e. The Kier molecular flexibility index (Phi) is 3.74. The quantitative estimate of drug-likeness (QED) is 0.796. The molecular formula is C11H21N3O. The lowest BCUT2D eigenvalue weighted by molar-refractivity contribution is 0.234. The highest BCUT2D eigenvalue weighted by Crippen LogP contribution is 2.22. The highest BCUT2D eigenvalue weighted by atomic mass is 16.3. The molecule has 2 N–H and O–H groups in total. The van der Waals surface area contributed by atoms with Crippen LogP contribution in [0.25, 0.3) is 0 Å². The number of anilines is 1. The Morgan fingerprint density at radius 2 is 2.20 bits per heavy atom. The van der Waals surface area contributed by atoms with E-state index < -0.39 is 0 Å². The van der Waals surface area contributed by atoms with Crippen molar-refractivity contribution in [2.45, 2.75) is 33.2 Å². The monoisotopic (exact) mass is 211 g/mol. The fraction of sp³-hybridized carbons (Fsp3) is 0.727. The van der Waals surface area contributed by atoms with Gasteiger partial charge in [-0.3, -0.25) is 4.68 Å². The van der Waals surface area contributed by atoms with Crippen LogP contribution >= 0.6 is 0 Å². The molecule has 0 radical (unpaired) electrons. The molecule has 1 atom stereocenters. The van der Waals surface area contributed by atoms with Gasteiger partial charge >= 0.3 is 0 Å². The van der Waals surface area contributed by atoms with Crippen molar-refractivity contribution < 1.29 is 5.11 Å². The second kappa shape index (κ2) is 4.66. The lowest BCUT2D eigenvalue weighted by atomic mass is 9.88. The zero-order valence-corrected chi connectivity index (χ0v) is 9.99. The predicted molar refractivity (Wildman–Crippen MR) is 61.8 cm³/mol. The molecular weight excluding hydrogens is 190 g/mol. The standard InChI is InChI=1S/C11H21N3O/c1-11(2,3)5-9(8-15)13-10-6-12-14(4)7-10/h6-7,9,13,15H,5,8H2,1-4H3/t9-/m1/s1. The Labute approximate surface area is 91.3 Å². The van der Waals surface area contributed by atoms with Crippen molar-refractivity contribution in [1.82, 2.24) is 9.78 Å². The number of rotatable bonds is 4. The van der Waals surface area contributed by atoms with E-state index in [0.717, 1.165) is 12.1 Å². The van der Waals surface area contributed by atoms with Gasteiger partial charge in [0.2, 0.25) is 0 Å². The van der Waals surface area contributed by atoms with E-state index in [-0.39, 0.29) is 18.1 Å². The fourth-order valence-electron chi connectivity index (χ4n) is 1.63. The first-order valence-corrected chi connectivity index (χ1v) is 5.27. The molecule has 0 saturated carbocycles. The number of aliphatic hydroxyl groups excluding tert-OH is 1. The normalized spacial score (nSPS) is 13.9. The average molecular weight is 211 g/mol. The van der Waals surface area contributed by atoms with Crippen LogP contribution in [0.2, 0.25) is 0 Å². The van der Waals surface area contributed by atoms with E-state index in [2.05, 4.69) is 31.2 Å². The van der Waals surface area contributed by atoms with Gasteiger partial charge in [0, 0.05) is 19.3 Å². The predicted octanol–water partition coefficient (Wildman–Crippen LogP) is 1.63. The molecule has 0 fully saturated rings. The third kappa shape index (κ3) is 4.34. The highest BCUT2D eigenvalue weighted by Gasteiger charge is 2.18. The molecule has 4 heteroatoms. The SMILES string of the molecule is Cn1cc(N[C@@H](CO)CC(C)(C)C)cn1. The molecule has 0 unspecified atom stereocenters. The summed E-state index contributed by atoms with van der Waals surface area (Å²) in [6.07, 6.45) is 4.61. The van der Waals surface area contributed by atoms with Crippen LogP contribution in [0.1, 0.15) is 27.2 Å². The first-order valence-electron chi connectivity index (χ1n) is 5.27. The Morgan fingerprint density at radius 1 is 1.53 bits per heavy atom. The van der Waals surface area contributed by atoms with Crippen LogP contribution in [-0.2, 0) is 7.05 Å². The topological polar surface area (TPSA) is 50.1 Å². The maximum atomic E-state index is 9.27. The van der Waals surface area contributed by atoms with E-state index >= 15 is 0 Å². The van der Waals surface area contributed by atoms with Gasteiger partial charge in [-0.25, -0.2) is 0 Å². The summed E-state index contributed by atoms with van der Waals surface area (Å²) >= 11 is 0. The van der Waals surface area contributed by atoms with Gasteiger partial charge in [-0.05, 0) is 11.8 Å². The minimum atomic E-state index is 0.0919. The van der Waals surface area contributed by atoms with E-state index in [9.17, 15) is 5.11 Å². The third-order valence-corrected chi connectivity index (χ3v) is 2.15. The van der Waals surface area contributed by atoms with E-state index in [1.807, 2.05) is 13.2 Å². The summed E-state index contributed by atoms with van der Waals surface area (Å²) < 4.78 is 1.74. The van der Waals surface area contributed by atoms with E-state index in [0.29, 0.717) is 0 Å². The van der Waals surface area contributed by atoms with Gasteiger partial charge in [0.05, 0.1) is 18.5 Å². The van der Waals surface area contributed by atoms with Crippen molar-refractivity contribution in [1.29, 1.82) is 0 Å². The number of nitrogens with zero attached hydrogens (tertiary/aromatic N) is 2. The van der Waals surface area contributed by atoms with Crippen molar-refractivity contribution >= 4 is 5.69 Å². The smallest absolute Gasteiger partial charge is 0.0729 e. The average Bonchev–Trinajstić information content (AvgIpc) is 2.47. The first-order chi connectivity index (χ1) is 6.90. The number of aromatic nitrogens is 2. The lowest BCUT2D eigenvalue weighted by Gasteiger charge is -2.25. The Hall–Kier alpha value is -1.03. The molecule has 0 aliphatic heterocycles. The molecule has 15 heavy (non-hydrogen) atoms. The van der Waals surface area contributed by atoms with Crippen LogP contribution < -0.4 is 5.32 Å². The largest absolute Gasteiger partial charge is 0.394 e. The van der Waals surface area contributed by atoms with Gasteiger partial charge in [0.15, 0.2) is 0 Å². The first kappa shape index (κ1) is 12.0. The number of aryl methyl sites for hydroxylation is 1. The maximum absolute atomic E-state index is 9.27. The summed E-state index contributed by atoms with van der Waals surface area (Å²) in [5.74, 6) is 0. The maximum Gasteiger partial charge on any atom is 0.0729 e. The molecule has 0 bridgehead atoms. The second-order valence-corrected chi connectivity index (χ2v) is 5.19. The summed E-state index contributed by atoms with van der Waals surface area (Å²) in [6.45, 7) is 6.65. The molecule has 0 aromatic carbocycles. The van der Waals surface area contributed by atoms with Gasteiger partial charge in [-0.2, -0.15) is 5.10 Å². The number of hydrogen-bond acceptors (Lipinski definition) is 3. The van der Waals surface area contributed by atoms with Gasteiger partial charge < -0.3 is 10.4 Å². The number of nitrogens with one attached hydrogen (secondary N) is 1. The minimum absolute atomic E-state index is 0.0919. The number of aliphatic hydroxyl groups is 1. The fourth-order valence-corrected chi connectivity index (χ4v) is 1.63. The van der Waals surface area contributed by atoms with Crippen molar-refractivity contribution in [3.8, 4) is 0 Å². The molecule has 1 aromatic rings. The molecule has 1 aromatic heterocycles. The molecule has 0 spiro atoms. The van der Waals surface area contributed by atoms with Crippen LogP contribution in [0.15, 0.2) is 12.4 Å². The van der Waals surface area contributed by atoms with Crippen molar-refractivity contribution in [3.05, 3.63) is 12.4 Å². The Balaban J connectivity index is 2.54. The molecule has 0 aliphatic rings. The van der Waals surface area contributed by atoms with Gasteiger partial charge in [0.25, 0.3) is 0 Å². The van der Waals surface area contributed by atoms with Crippen LogP contribution in [0, 0.1) is 5.41 Å². The molecule has 0 saturated heterocycles. The van der Waals surface area contributed by atoms with Gasteiger partial charge in [-0.15, -0.1) is 0 Å². The molecule has 1 rings (SSSR count). The van der Waals surface area contributed by atoms with E-state index in [1.165, 1.54) is 0 Å².